The molecule has 1 aromatic carbocycles. The normalized spacial score (nSPS) is 11.4. The minimum Gasteiger partial charge on any atom is -0.513 e. The number of rotatable bonds is 7. The first-order valence-electron chi connectivity index (χ1n) is 8.91. The lowest BCUT2D eigenvalue weighted by Crippen LogP contribution is -1.86. The van der Waals surface area contributed by atoms with Gasteiger partial charge in [-0.2, -0.15) is 0 Å². The van der Waals surface area contributed by atoms with Crippen molar-refractivity contribution in [3.05, 3.63) is 53.8 Å². The maximum Gasteiger partial charge on any atom is 0.0851 e. The van der Waals surface area contributed by atoms with Crippen LogP contribution in [0.15, 0.2) is 42.7 Å². The number of benzene rings is 1. The highest BCUT2D eigenvalue weighted by atomic mass is 16.3. The maximum atomic E-state index is 8.99. The number of unbranched alkanes of at least 4 members (excludes halogenated alkanes) is 3. The van der Waals surface area contributed by atoms with Gasteiger partial charge in [-0.3, -0.25) is 0 Å². The number of allylic oxidation sites excluding steroid dienone is 3. The summed E-state index contributed by atoms with van der Waals surface area (Å²) in [7, 11) is 0. The van der Waals surface area contributed by atoms with Crippen LogP contribution in [0.4, 0.5) is 0 Å². The van der Waals surface area contributed by atoms with E-state index in [-0.39, 0.29) is 0 Å². The minimum atomic E-state index is 0.322. The van der Waals surface area contributed by atoms with Gasteiger partial charge in [-0.15, -0.1) is 0 Å². The summed E-state index contributed by atoms with van der Waals surface area (Å²) >= 11 is 0. The van der Waals surface area contributed by atoms with E-state index in [1.54, 1.807) is 0 Å². The SMILES string of the molecule is C=C(O)CCCCCCC1=CCc2ccccc21.CC.CC. The quantitative estimate of drug-likeness (QED) is 0.421. The van der Waals surface area contributed by atoms with Crippen molar-refractivity contribution in [2.75, 3.05) is 0 Å². The van der Waals surface area contributed by atoms with Gasteiger partial charge >= 0.3 is 0 Å². The fourth-order valence-corrected chi connectivity index (χ4v) is 2.59. The molecule has 124 valence electrons. The zero-order chi connectivity index (χ0) is 16.8. The molecule has 0 amide bonds. The van der Waals surface area contributed by atoms with Gasteiger partial charge in [0, 0.05) is 6.42 Å². The average Bonchev–Trinajstić information content (AvgIpc) is 2.98. The molecule has 2 rings (SSSR count). The van der Waals surface area contributed by atoms with Crippen LogP contribution in [0.25, 0.3) is 5.57 Å². The van der Waals surface area contributed by atoms with E-state index in [2.05, 4.69) is 36.9 Å². The molecule has 0 unspecified atom stereocenters. The Morgan fingerprint density at radius 1 is 1.00 bits per heavy atom. The summed E-state index contributed by atoms with van der Waals surface area (Å²) in [6.45, 7) is 11.5. The van der Waals surface area contributed by atoms with Crippen LogP contribution in [0.5, 0.6) is 0 Å². The Morgan fingerprint density at radius 2 is 1.64 bits per heavy atom. The highest BCUT2D eigenvalue weighted by molar-refractivity contribution is 5.72. The third-order valence-corrected chi connectivity index (χ3v) is 3.59. The van der Waals surface area contributed by atoms with Crippen LogP contribution in [-0.4, -0.2) is 5.11 Å². The average molecular weight is 303 g/mol. The second kappa shape index (κ2) is 13.2. The van der Waals surface area contributed by atoms with Gasteiger partial charge in [-0.25, -0.2) is 0 Å². The Kier molecular flexibility index (Phi) is 12.3. The van der Waals surface area contributed by atoms with Crippen molar-refractivity contribution in [1.29, 1.82) is 0 Å². The summed E-state index contributed by atoms with van der Waals surface area (Å²) < 4.78 is 0. The topological polar surface area (TPSA) is 20.2 Å². The number of hydrogen-bond donors (Lipinski definition) is 1. The lowest BCUT2D eigenvalue weighted by Gasteiger charge is -2.05. The Bertz CT molecular complexity index is 443. The lowest BCUT2D eigenvalue weighted by atomic mass is 10.0. The monoisotopic (exact) mass is 302 g/mol. The summed E-state index contributed by atoms with van der Waals surface area (Å²) in [4.78, 5) is 0. The maximum absolute atomic E-state index is 8.99. The molecule has 0 saturated heterocycles. The van der Waals surface area contributed by atoms with Crippen molar-refractivity contribution in [3.63, 3.8) is 0 Å². The van der Waals surface area contributed by atoms with Gasteiger partial charge in [0.25, 0.3) is 0 Å². The van der Waals surface area contributed by atoms with E-state index in [1.807, 2.05) is 27.7 Å². The molecule has 0 fully saturated rings. The van der Waals surface area contributed by atoms with E-state index < -0.39 is 0 Å². The molecular weight excluding hydrogens is 268 g/mol. The van der Waals surface area contributed by atoms with E-state index in [0.717, 1.165) is 19.3 Å². The van der Waals surface area contributed by atoms with Gasteiger partial charge in [0.1, 0.15) is 0 Å². The van der Waals surface area contributed by atoms with Crippen LogP contribution in [-0.2, 0) is 6.42 Å². The molecule has 0 bridgehead atoms. The Morgan fingerprint density at radius 3 is 2.32 bits per heavy atom. The van der Waals surface area contributed by atoms with Gasteiger partial charge in [-0.05, 0) is 42.4 Å². The van der Waals surface area contributed by atoms with Gasteiger partial charge in [0.2, 0.25) is 0 Å². The smallest absolute Gasteiger partial charge is 0.0851 e. The van der Waals surface area contributed by atoms with Crippen LogP contribution >= 0.6 is 0 Å². The largest absolute Gasteiger partial charge is 0.513 e. The minimum absolute atomic E-state index is 0.322. The lowest BCUT2D eigenvalue weighted by molar-refractivity contribution is 0.383. The molecule has 1 nitrogen and oxygen atoms in total. The molecule has 1 aromatic rings. The molecular formula is C21H34O. The molecule has 0 atom stereocenters. The highest BCUT2D eigenvalue weighted by Crippen LogP contribution is 2.30. The third kappa shape index (κ3) is 7.49. The molecule has 0 spiro atoms. The Hall–Kier alpha value is -1.50. The third-order valence-electron chi connectivity index (χ3n) is 3.59. The fraction of sp³-hybridized carbons (Fsp3) is 0.524. The molecule has 0 heterocycles. The zero-order valence-corrected chi connectivity index (χ0v) is 15.0. The number of aliphatic hydroxyl groups excluding tert-OH is 1. The highest BCUT2D eigenvalue weighted by Gasteiger charge is 2.12. The molecule has 22 heavy (non-hydrogen) atoms. The van der Waals surface area contributed by atoms with Gasteiger partial charge in [0.05, 0.1) is 5.76 Å². The van der Waals surface area contributed by atoms with Gasteiger partial charge in [-0.1, -0.05) is 77.5 Å². The first-order chi connectivity index (χ1) is 10.8. The van der Waals surface area contributed by atoms with Crippen molar-refractivity contribution >= 4 is 5.57 Å². The standard InChI is InChI=1S/C17H22O.2C2H6/c1-14(18)8-4-2-3-5-9-15-12-13-16-10-6-7-11-17(15)16;2*1-2/h6-7,10-12,18H,1-5,8-9,13H2;2*1-2H3. The molecule has 1 aliphatic carbocycles. The van der Waals surface area contributed by atoms with E-state index in [0.29, 0.717) is 5.76 Å². The molecule has 0 aliphatic heterocycles. The van der Waals surface area contributed by atoms with Gasteiger partial charge < -0.3 is 5.11 Å². The molecule has 1 N–H and O–H groups in total. The van der Waals surface area contributed by atoms with Crippen molar-refractivity contribution in [2.45, 2.75) is 72.6 Å². The molecule has 0 saturated carbocycles. The second-order valence-electron chi connectivity index (χ2n) is 5.07. The summed E-state index contributed by atoms with van der Waals surface area (Å²) in [6, 6.07) is 8.72. The van der Waals surface area contributed by atoms with E-state index in [4.69, 9.17) is 5.11 Å². The Labute approximate surface area is 137 Å². The van der Waals surface area contributed by atoms with Crippen LogP contribution in [0, 0.1) is 0 Å². The predicted molar refractivity (Wildman–Crippen MR) is 100 cm³/mol. The second-order valence-corrected chi connectivity index (χ2v) is 5.07. The number of hydrogen-bond acceptors (Lipinski definition) is 1. The summed E-state index contributed by atoms with van der Waals surface area (Å²) in [6.07, 6.45) is 10.2. The Balaban J connectivity index is 0.00000102. The van der Waals surface area contributed by atoms with Crippen LogP contribution in [0.2, 0.25) is 0 Å². The van der Waals surface area contributed by atoms with Gasteiger partial charge in [0.15, 0.2) is 0 Å². The first kappa shape index (κ1) is 20.5. The summed E-state index contributed by atoms with van der Waals surface area (Å²) in [5.41, 5.74) is 4.46. The van der Waals surface area contributed by atoms with E-state index in [9.17, 15) is 0 Å². The van der Waals surface area contributed by atoms with Crippen LogP contribution < -0.4 is 0 Å². The van der Waals surface area contributed by atoms with Crippen molar-refractivity contribution < 1.29 is 5.11 Å². The van der Waals surface area contributed by atoms with Crippen molar-refractivity contribution in [2.24, 2.45) is 0 Å². The zero-order valence-electron chi connectivity index (χ0n) is 15.0. The summed E-state index contributed by atoms with van der Waals surface area (Å²) in [5.74, 6) is 0.322. The summed E-state index contributed by atoms with van der Waals surface area (Å²) in [5, 5.41) is 8.99. The molecule has 1 heteroatoms. The predicted octanol–water partition coefficient (Wildman–Crippen LogP) is 7.09. The fourth-order valence-electron chi connectivity index (χ4n) is 2.59. The van der Waals surface area contributed by atoms with Crippen molar-refractivity contribution in [1.82, 2.24) is 0 Å². The molecule has 1 aliphatic rings. The molecule has 0 aromatic heterocycles. The number of fused-ring (bicyclic) bond motifs is 1. The first-order valence-corrected chi connectivity index (χ1v) is 8.91. The van der Waals surface area contributed by atoms with E-state index in [1.165, 1.54) is 42.4 Å². The van der Waals surface area contributed by atoms with Crippen molar-refractivity contribution in [3.8, 4) is 0 Å². The van der Waals surface area contributed by atoms with Crippen LogP contribution in [0.3, 0.4) is 0 Å². The van der Waals surface area contributed by atoms with E-state index >= 15 is 0 Å². The van der Waals surface area contributed by atoms with Crippen LogP contribution in [0.1, 0.15) is 77.3 Å². The number of aliphatic hydroxyl groups is 1. The molecule has 0 radical (unpaired) electrons.